The minimum absolute atomic E-state index is 0.0142. The zero-order valence-electron chi connectivity index (χ0n) is 49.2. The van der Waals surface area contributed by atoms with Gasteiger partial charge in [-0.15, -0.1) is 34.0 Å². The summed E-state index contributed by atoms with van der Waals surface area (Å²) in [7, 11) is 0. The number of aryl methyl sites for hydroxylation is 4. The van der Waals surface area contributed by atoms with E-state index in [1.54, 1.807) is 34.8 Å². The molecule has 0 fully saturated rings. The van der Waals surface area contributed by atoms with Crippen molar-refractivity contribution < 1.29 is 0 Å². The van der Waals surface area contributed by atoms with Gasteiger partial charge >= 0.3 is 0 Å². The molecular weight excluding hydrogens is 1210 g/mol. The molecule has 0 radical (unpaired) electrons. The van der Waals surface area contributed by atoms with E-state index in [1.807, 2.05) is 59.9 Å². The zero-order chi connectivity index (χ0) is 61.9. The monoisotopic (exact) mass is 1250 g/mol. The van der Waals surface area contributed by atoms with Crippen LogP contribution in [0.15, 0.2) is 205 Å². The number of hydrogen-bond donors (Lipinski definition) is 0. The standard InChI is InChI=1S/C78H46N8S5/c1-43-5-16-53(17-6-43)77(54-18-7-44(2)8-19-54)63-34-49(67-27-28-68(87-67)58-25-14-50(31-47(39-79)40-80)73-75(58)85-90-83-73)13-24-57(63)61-36-65-62(37-64(61)77)60-33-52-35-72(70-30-29-69(88-70)59-26-15-51(32-48(41-81)42-82)74-76(59)86-91-84-74)89-71(52)38-66(60)78(65,55-20-9-45(3)10-21-55)56-22-11-46(4)12-23-56/h5-38H,1-4H3. The second kappa shape index (κ2) is 21.6. The molecule has 0 bridgehead atoms. The third kappa shape index (κ3) is 8.66. The van der Waals surface area contributed by atoms with Crippen molar-refractivity contribution in [2.45, 2.75) is 38.5 Å². The molecule has 0 atom stereocenters. The number of hydrogen-bond acceptors (Lipinski definition) is 13. The Kier molecular flexibility index (Phi) is 13.2. The Balaban J connectivity index is 0.908. The molecular formula is C78H46N8S5. The zero-order valence-corrected chi connectivity index (χ0v) is 53.3. The number of rotatable bonds is 10. The van der Waals surface area contributed by atoms with E-state index in [1.165, 1.54) is 104 Å². The summed E-state index contributed by atoms with van der Waals surface area (Å²) < 4.78 is 19.9. The highest BCUT2D eigenvalue weighted by Crippen LogP contribution is 2.64. The lowest BCUT2D eigenvalue weighted by molar-refractivity contribution is 0.758. The lowest BCUT2D eigenvalue weighted by Gasteiger charge is -2.36. The molecule has 91 heavy (non-hydrogen) atoms. The predicted octanol–water partition coefficient (Wildman–Crippen LogP) is 20.5. The van der Waals surface area contributed by atoms with Gasteiger partial charge in [0.05, 0.1) is 34.3 Å². The Bertz CT molecular complexity index is 5500. The Morgan fingerprint density at radius 2 is 0.725 bits per heavy atom. The predicted molar refractivity (Wildman–Crippen MR) is 373 cm³/mol. The second-order valence-electron chi connectivity index (χ2n) is 23.4. The summed E-state index contributed by atoms with van der Waals surface area (Å²) in [6, 6.07) is 81.0. The van der Waals surface area contributed by atoms with E-state index in [0.717, 1.165) is 70.7 Å². The van der Waals surface area contributed by atoms with Gasteiger partial charge in [-0.05, 0) is 178 Å². The van der Waals surface area contributed by atoms with Crippen molar-refractivity contribution in [3.63, 3.8) is 0 Å². The van der Waals surface area contributed by atoms with Gasteiger partial charge in [0.1, 0.15) is 57.5 Å². The molecule has 13 heteroatoms. The maximum Gasteiger partial charge on any atom is 0.130 e. The van der Waals surface area contributed by atoms with Gasteiger partial charge in [0.25, 0.3) is 0 Å². The minimum Gasteiger partial charge on any atom is -0.192 e. The highest BCUT2D eigenvalue weighted by Gasteiger charge is 2.52. The lowest BCUT2D eigenvalue weighted by Crippen LogP contribution is -2.30. The number of fused-ring (bicyclic) bond motifs is 9. The van der Waals surface area contributed by atoms with E-state index in [4.69, 9.17) is 8.75 Å². The van der Waals surface area contributed by atoms with Gasteiger partial charge in [-0.25, -0.2) is 0 Å². The summed E-state index contributed by atoms with van der Waals surface area (Å²) in [6.07, 6.45) is 3.16. The third-order valence-electron chi connectivity index (χ3n) is 18.2. The summed E-state index contributed by atoms with van der Waals surface area (Å²) in [4.78, 5) is 5.54. The fourth-order valence-electron chi connectivity index (χ4n) is 13.9. The van der Waals surface area contributed by atoms with Crippen LogP contribution >= 0.6 is 57.5 Å². The molecule has 0 amide bonds. The highest BCUT2D eigenvalue weighted by molar-refractivity contribution is 7.27. The first-order valence-electron chi connectivity index (χ1n) is 29.5. The van der Waals surface area contributed by atoms with Crippen LogP contribution in [0.3, 0.4) is 0 Å². The molecule has 14 aromatic rings. The second-order valence-corrected chi connectivity index (χ2v) is 27.7. The molecule has 8 nitrogen and oxygen atoms in total. The fraction of sp³-hybridized carbons (Fsp3) is 0.0769. The molecule has 0 saturated heterocycles. The number of aromatic nitrogens is 4. The Morgan fingerprint density at radius 3 is 1.20 bits per heavy atom. The van der Waals surface area contributed by atoms with Crippen molar-refractivity contribution in [3.8, 4) is 87.6 Å². The van der Waals surface area contributed by atoms with Crippen LogP contribution in [-0.4, -0.2) is 17.5 Å². The van der Waals surface area contributed by atoms with Crippen molar-refractivity contribution in [2.24, 2.45) is 0 Å². The topological polar surface area (TPSA) is 147 Å². The van der Waals surface area contributed by atoms with Gasteiger partial charge in [-0.2, -0.15) is 38.5 Å². The molecule has 9 aromatic carbocycles. The molecule has 0 saturated carbocycles. The molecule has 16 rings (SSSR count). The number of thiophene rings is 3. The molecule has 0 N–H and O–H groups in total. The van der Waals surface area contributed by atoms with Gasteiger partial charge < -0.3 is 0 Å². The van der Waals surface area contributed by atoms with Crippen molar-refractivity contribution in [3.05, 3.63) is 283 Å². The van der Waals surface area contributed by atoms with E-state index in [-0.39, 0.29) is 11.1 Å². The average molecular weight is 1260 g/mol. The fourth-order valence-corrected chi connectivity index (χ4v) is 18.3. The Labute approximate surface area is 545 Å². The highest BCUT2D eigenvalue weighted by atomic mass is 32.1. The van der Waals surface area contributed by atoms with Crippen LogP contribution in [-0.2, 0) is 10.8 Å². The molecule has 428 valence electrons. The van der Waals surface area contributed by atoms with Crippen LogP contribution in [0.4, 0.5) is 0 Å². The minimum atomic E-state index is -0.742. The average Bonchev–Trinajstić information content (AvgIpc) is 1.52. The van der Waals surface area contributed by atoms with E-state index in [0.29, 0.717) is 22.2 Å². The lowest BCUT2D eigenvalue weighted by atomic mass is 9.65. The first-order chi connectivity index (χ1) is 44.5. The van der Waals surface area contributed by atoms with E-state index in [2.05, 4.69) is 206 Å². The summed E-state index contributed by atoms with van der Waals surface area (Å²) in [6.45, 7) is 8.66. The van der Waals surface area contributed by atoms with Crippen molar-refractivity contribution in [2.75, 3.05) is 0 Å². The number of allylic oxidation sites excluding steroid dienone is 2. The largest absolute Gasteiger partial charge is 0.192 e. The van der Waals surface area contributed by atoms with Gasteiger partial charge in [-0.1, -0.05) is 156 Å². The molecule has 2 aliphatic carbocycles. The van der Waals surface area contributed by atoms with E-state index >= 15 is 0 Å². The van der Waals surface area contributed by atoms with Crippen molar-refractivity contribution in [1.29, 1.82) is 21.0 Å². The SMILES string of the molecule is Cc1ccc(C2(c3ccc(C)cc3)c3cc(-c4ccc(-c5ccc(C=C(C#N)C#N)c6nsnc56)s4)ccc3-c3cc4c(cc32)-c2cc3cc(-c5ccc(-c6ccc(C=C(C#N)C#N)c7nsnc67)s5)sc3cc2C4(c2ccc(C)cc2)c2ccc(C)cc2)cc1. The Hall–Kier alpha value is -10.6. The van der Waals surface area contributed by atoms with E-state index in [9.17, 15) is 21.0 Å². The normalized spacial score (nSPS) is 13.0. The summed E-state index contributed by atoms with van der Waals surface area (Å²) in [5, 5.41) is 39.4. The summed E-state index contributed by atoms with van der Waals surface area (Å²) in [5.41, 5.74) is 25.1. The molecule has 2 aliphatic rings. The van der Waals surface area contributed by atoms with Crippen LogP contribution in [0, 0.1) is 73.0 Å². The molecule has 0 unspecified atom stereocenters. The number of benzene rings is 9. The third-order valence-corrected chi connectivity index (χ3v) is 22.9. The number of nitriles is 4. The molecule has 0 aliphatic heterocycles. The first-order valence-corrected chi connectivity index (χ1v) is 33.4. The smallest absolute Gasteiger partial charge is 0.130 e. The first kappa shape index (κ1) is 55.7. The maximum absolute atomic E-state index is 9.59. The van der Waals surface area contributed by atoms with Crippen LogP contribution in [0.1, 0.15) is 77.9 Å². The van der Waals surface area contributed by atoms with Crippen LogP contribution in [0.5, 0.6) is 0 Å². The molecule has 5 heterocycles. The van der Waals surface area contributed by atoms with Gasteiger partial charge in [0, 0.05) is 51.3 Å². The van der Waals surface area contributed by atoms with E-state index < -0.39 is 10.8 Å². The van der Waals surface area contributed by atoms with Crippen molar-refractivity contribution in [1.82, 2.24) is 17.5 Å². The van der Waals surface area contributed by atoms with Crippen LogP contribution in [0.2, 0.25) is 0 Å². The number of nitrogens with zero attached hydrogens (tertiary/aromatic N) is 8. The quantitative estimate of drug-likeness (QED) is 0.123. The maximum atomic E-state index is 9.59. The molecule has 0 spiro atoms. The van der Waals surface area contributed by atoms with Crippen LogP contribution < -0.4 is 0 Å². The Morgan fingerprint density at radius 1 is 0.341 bits per heavy atom. The molecule has 5 aromatic heterocycles. The van der Waals surface area contributed by atoms with Gasteiger partial charge in [0.2, 0.25) is 0 Å². The van der Waals surface area contributed by atoms with Crippen LogP contribution in [0.25, 0.3) is 108 Å². The summed E-state index contributed by atoms with van der Waals surface area (Å²) >= 11 is 7.52. The summed E-state index contributed by atoms with van der Waals surface area (Å²) in [5.74, 6) is 0. The van der Waals surface area contributed by atoms with Crippen molar-refractivity contribution >= 4 is 102 Å². The van der Waals surface area contributed by atoms with Gasteiger partial charge in [-0.3, -0.25) is 0 Å². The van der Waals surface area contributed by atoms with Gasteiger partial charge in [0.15, 0.2) is 0 Å².